The molecule has 17 nitrogen and oxygen atoms in total. The standard InChI is InChI=1S/C57H91N7O10/c1-18-39(8)50(47(65)33-42(35-74-57(9,10)11)53(69)63(16)46(56(72)73)32-41-27-23-20-24-28-41)64(17)48(66)34-61(14)55(71)49(38(6)7)59-52(68)45(30-37(4)5)62(15)54(70)43(29-36(2)3)58-51(67)44(60(12)13)31-40-25-21-19-22-26-40/h19-28,36-39,42-46,49-50H,18,29-35H2,1-17H3,(H,58,67)(H,59,68)(H,72,73)/t39-,42-,43-,44-,45-,46-,49-,50-/m0/s1. The second-order valence-electron chi connectivity index (χ2n) is 22.5. The number of hydrogen-bond acceptors (Lipinski definition) is 10. The smallest absolute Gasteiger partial charge is 0.326 e. The van der Waals surface area contributed by atoms with Crippen molar-refractivity contribution in [2.45, 2.75) is 157 Å². The summed E-state index contributed by atoms with van der Waals surface area (Å²) < 4.78 is 6.03. The van der Waals surface area contributed by atoms with Crippen LogP contribution in [0.2, 0.25) is 0 Å². The molecule has 0 saturated heterocycles. The maximum absolute atomic E-state index is 14.5. The van der Waals surface area contributed by atoms with Crippen LogP contribution < -0.4 is 10.6 Å². The van der Waals surface area contributed by atoms with E-state index in [4.69, 9.17) is 4.74 Å². The van der Waals surface area contributed by atoms with Gasteiger partial charge in [-0.1, -0.05) is 122 Å². The summed E-state index contributed by atoms with van der Waals surface area (Å²) in [5, 5.41) is 16.1. The molecule has 0 saturated carbocycles. The van der Waals surface area contributed by atoms with Crippen molar-refractivity contribution in [2.75, 3.05) is 55.4 Å². The Balaban J connectivity index is 2.36. The number of carbonyl (C=O) groups excluding carboxylic acids is 7. The van der Waals surface area contributed by atoms with Gasteiger partial charge in [0.2, 0.25) is 35.4 Å². The highest BCUT2D eigenvalue weighted by Gasteiger charge is 2.40. The third-order valence-electron chi connectivity index (χ3n) is 13.5. The summed E-state index contributed by atoms with van der Waals surface area (Å²) in [6.07, 6.45) is 1.20. The number of hydrogen-bond donors (Lipinski definition) is 3. The number of carboxylic acids is 1. The van der Waals surface area contributed by atoms with Crippen molar-refractivity contribution in [3.8, 4) is 0 Å². The number of ether oxygens (including phenoxy) is 1. The first-order chi connectivity index (χ1) is 34.4. The number of nitrogens with zero attached hydrogens (tertiary/aromatic N) is 5. The van der Waals surface area contributed by atoms with Crippen LogP contribution in [0.25, 0.3) is 0 Å². The summed E-state index contributed by atoms with van der Waals surface area (Å²) in [5.74, 6) is -6.59. The number of rotatable bonds is 30. The average molecular weight is 1030 g/mol. The molecule has 0 aliphatic rings. The molecule has 0 bridgehead atoms. The van der Waals surface area contributed by atoms with Crippen LogP contribution in [0, 0.1) is 29.6 Å². The average Bonchev–Trinajstić information content (AvgIpc) is 3.32. The predicted molar refractivity (Wildman–Crippen MR) is 289 cm³/mol. The van der Waals surface area contributed by atoms with Crippen molar-refractivity contribution in [1.82, 2.24) is 35.1 Å². The van der Waals surface area contributed by atoms with E-state index in [9.17, 15) is 43.5 Å². The number of benzene rings is 2. The Morgan fingerprint density at radius 2 is 1.11 bits per heavy atom. The first-order valence-corrected chi connectivity index (χ1v) is 26.2. The number of aliphatic carboxylic acids is 1. The fourth-order valence-corrected chi connectivity index (χ4v) is 8.88. The molecule has 3 N–H and O–H groups in total. The Kier molecular flexibility index (Phi) is 26.1. The minimum absolute atomic E-state index is 0.0193. The van der Waals surface area contributed by atoms with Gasteiger partial charge in [-0.25, -0.2) is 4.79 Å². The summed E-state index contributed by atoms with van der Waals surface area (Å²) >= 11 is 0. The summed E-state index contributed by atoms with van der Waals surface area (Å²) in [6, 6.07) is 12.7. The third-order valence-corrected chi connectivity index (χ3v) is 13.5. The van der Waals surface area contributed by atoms with Crippen molar-refractivity contribution in [1.29, 1.82) is 0 Å². The lowest BCUT2D eigenvalue weighted by atomic mass is 9.88. The second-order valence-corrected chi connectivity index (χ2v) is 22.5. The molecular weight excluding hydrogens is 943 g/mol. The van der Waals surface area contributed by atoms with Gasteiger partial charge in [-0.2, -0.15) is 0 Å². The van der Waals surface area contributed by atoms with Crippen LogP contribution in [-0.2, 0) is 55.9 Å². The lowest BCUT2D eigenvalue weighted by Crippen LogP contribution is -2.60. The minimum Gasteiger partial charge on any atom is -0.480 e. The molecule has 74 heavy (non-hydrogen) atoms. The van der Waals surface area contributed by atoms with E-state index >= 15 is 0 Å². The molecule has 0 spiro atoms. The molecule has 6 amide bonds. The van der Waals surface area contributed by atoms with Crippen LogP contribution in [-0.4, -0.2) is 174 Å². The van der Waals surface area contributed by atoms with Gasteiger partial charge in [0.1, 0.15) is 24.2 Å². The molecule has 2 rings (SSSR count). The van der Waals surface area contributed by atoms with Gasteiger partial charge in [0.25, 0.3) is 0 Å². The highest BCUT2D eigenvalue weighted by Crippen LogP contribution is 2.24. The van der Waals surface area contributed by atoms with Crippen LogP contribution in [0.1, 0.15) is 113 Å². The Morgan fingerprint density at radius 1 is 0.622 bits per heavy atom. The van der Waals surface area contributed by atoms with Gasteiger partial charge in [-0.05, 0) is 88.9 Å². The fourth-order valence-electron chi connectivity index (χ4n) is 8.88. The zero-order valence-electron chi connectivity index (χ0n) is 47.6. The van der Waals surface area contributed by atoms with Crippen LogP contribution in [0.15, 0.2) is 60.7 Å². The van der Waals surface area contributed by atoms with E-state index in [1.165, 1.54) is 42.9 Å². The summed E-state index contributed by atoms with van der Waals surface area (Å²) in [7, 11) is 9.49. The molecule has 0 radical (unpaired) electrons. The first-order valence-electron chi connectivity index (χ1n) is 26.2. The van der Waals surface area contributed by atoms with Crippen LogP contribution in [0.4, 0.5) is 0 Å². The zero-order valence-corrected chi connectivity index (χ0v) is 47.6. The highest BCUT2D eigenvalue weighted by molar-refractivity contribution is 5.97. The van der Waals surface area contributed by atoms with Gasteiger partial charge in [0.15, 0.2) is 5.78 Å². The van der Waals surface area contributed by atoms with E-state index in [-0.39, 0.29) is 49.5 Å². The van der Waals surface area contributed by atoms with Crippen LogP contribution >= 0.6 is 0 Å². The van der Waals surface area contributed by atoms with Crippen molar-refractivity contribution in [2.24, 2.45) is 29.6 Å². The van der Waals surface area contributed by atoms with Crippen LogP contribution in [0.3, 0.4) is 0 Å². The van der Waals surface area contributed by atoms with Crippen molar-refractivity contribution in [3.63, 3.8) is 0 Å². The molecular formula is C57H91N7O10. The normalized spacial score (nSPS) is 15.0. The minimum atomic E-state index is -1.22. The molecule has 2 aromatic rings. The van der Waals surface area contributed by atoms with E-state index in [0.29, 0.717) is 19.3 Å². The van der Waals surface area contributed by atoms with Gasteiger partial charge >= 0.3 is 5.97 Å². The van der Waals surface area contributed by atoms with Gasteiger partial charge in [-0.3, -0.25) is 38.5 Å². The number of ketones is 1. The van der Waals surface area contributed by atoms with Gasteiger partial charge < -0.3 is 40.1 Å². The van der Waals surface area contributed by atoms with Gasteiger partial charge in [-0.15, -0.1) is 0 Å². The fraction of sp³-hybridized carbons (Fsp3) is 0.649. The van der Waals surface area contributed by atoms with E-state index < -0.39 is 102 Å². The molecule has 0 aromatic heterocycles. The quantitative estimate of drug-likeness (QED) is 0.0881. The summed E-state index contributed by atoms with van der Waals surface area (Å²) in [5.41, 5.74) is 0.995. The second kappa shape index (κ2) is 30.0. The number of carboxylic acid groups (broad SMARTS) is 1. The summed E-state index contributed by atoms with van der Waals surface area (Å²) in [4.78, 5) is 119. The SMILES string of the molecule is CC[C@H](C)[C@@H](C(=O)C[C@@H](COC(C)(C)C)C(=O)N(C)[C@@H](Cc1ccccc1)C(=O)O)N(C)C(=O)CN(C)C(=O)[C@@H](NC(=O)[C@H](CC(C)C)N(C)C(=O)[C@H](CC(C)C)NC(=O)[C@H](Cc1ccccc1)N(C)C)C(C)C. The molecule has 0 heterocycles. The van der Waals surface area contributed by atoms with E-state index in [1.54, 1.807) is 38.1 Å². The third kappa shape index (κ3) is 20.2. The molecule has 2 aromatic carbocycles. The lowest BCUT2D eigenvalue weighted by Gasteiger charge is -2.36. The molecule has 17 heteroatoms. The van der Waals surface area contributed by atoms with E-state index in [1.807, 2.05) is 118 Å². The van der Waals surface area contributed by atoms with E-state index in [0.717, 1.165) is 16.0 Å². The number of likely N-dealkylation sites (N-methyl/N-ethyl adjacent to an activating group) is 5. The Labute approximate surface area is 442 Å². The highest BCUT2D eigenvalue weighted by atomic mass is 16.5. The van der Waals surface area contributed by atoms with Crippen molar-refractivity contribution in [3.05, 3.63) is 71.8 Å². The summed E-state index contributed by atoms with van der Waals surface area (Å²) in [6.45, 7) is 19.8. The molecule has 0 aliphatic carbocycles. The predicted octanol–water partition coefficient (Wildman–Crippen LogP) is 5.58. The van der Waals surface area contributed by atoms with Crippen molar-refractivity contribution < 1.29 is 48.2 Å². The maximum Gasteiger partial charge on any atom is 0.326 e. The van der Waals surface area contributed by atoms with Gasteiger partial charge in [0, 0.05) is 41.0 Å². The largest absolute Gasteiger partial charge is 0.480 e. The molecule has 414 valence electrons. The Hall–Kier alpha value is -5.68. The van der Waals surface area contributed by atoms with Crippen LogP contribution in [0.5, 0.6) is 0 Å². The Morgan fingerprint density at radius 3 is 1.55 bits per heavy atom. The lowest BCUT2D eigenvalue weighted by molar-refractivity contribution is -0.154. The number of amides is 6. The molecule has 0 unspecified atom stereocenters. The monoisotopic (exact) mass is 1030 g/mol. The van der Waals surface area contributed by atoms with Gasteiger partial charge in [0.05, 0.1) is 36.8 Å². The van der Waals surface area contributed by atoms with E-state index in [2.05, 4.69) is 10.6 Å². The Bertz CT molecular complexity index is 2140. The molecule has 8 atom stereocenters. The zero-order chi connectivity index (χ0) is 56.4. The number of carbonyl (C=O) groups is 8. The number of nitrogens with one attached hydrogen (secondary N) is 2. The first kappa shape index (κ1) is 64.4. The molecule has 0 fully saturated rings. The topological polar surface area (TPSA) is 206 Å². The maximum atomic E-state index is 14.5. The number of Topliss-reactive ketones (excluding diaryl/α,β-unsaturated/α-hetero) is 1. The van der Waals surface area contributed by atoms with Crippen molar-refractivity contribution >= 4 is 47.2 Å². The molecule has 0 aliphatic heterocycles.